The van der Waals surface area contributed by atoms with Gasteiger partial charge in [-0.05, 0) is 25.1 Å². The van der Waals surface area contributed by atoms with Gasteiger partial charge < -0.3 is 4.74 Å². The van der Waals surface area contributed by atoms with Crippen LogP contribution in [0.3, 0.4) is 0 Å². The second-order valence-electron chi connectivity index (χ2n) is 3.05. The maximum atomic E-state index is 12.2. The molecule has 0 heterocycles. The van der Waals surface area contributed by atoms with Gasteiger partial charge in [0.25, 0.3) is 0 Å². The molecule has 0 aromatic heterocycles. The third-order valence-electron chi connectivity index (χ3n) is 1.83. The van der Waals surface area contributed by atoms with Crippen molar-refractivity contribution in [2.24, 2.45) is 0 Å². The van der Waals surface area contributed by atoms with Gasteiger partial charge in [-0.2, -0.15) is 18.4 Å². The molecule has 1 aromatic carbocycles. The zero-order chi connectivity index (χ0) is 12.3. The van der Waals surface area contributed by atoms with E-state index in [-0.39, 0.29) is 16.3 Å². The highest BCUT2D eigenvalue weighted by Gasteiger charge is 2.38. The maximum absolute atomic E-state index is 12.2. The van der Waals surface area contributed by atoms with Crippen LogP contribution in [0.4, 0.5) is 13.2 Å². The van der Waals surface area contributed by atoms with Crippen LogP contribution in [0, 0.1) is 11.3 Å². The SMILES string of the molecule is CC(Oc1ccc(Cl)cc1C#N)C(F)(F)F. The molecule has 0 aliphatic carbocycles. The number of ether oxygens (including phenoxy) is 1. The molecule has 0 spiro atoms. The molecule has 16 heavy (non-hydrogen) atoms. The Morgan fingerprint density at radius 2 is 2.06 bits per heavy atom. The minimum atomic E-state index is -4.47. The van der Waals surface area contributed by atoms with Gasteiger partial charge >= 0.3 is 6.18 Å². The van der Waals surface area contributed by atoms with E-state index in [2.05, 4.69) is 4.74 Å². The normalized spacial score (nSPS) is 13.0. The summed E-state index contributed by atoms with van der Waals surface area (Å²) in [6.07, 6.45) is -6.44. The van der Waals surface area contributed by atoms with E-state index in [0.29, 0.717) is 0 Å². The predicted octanol–water partition coefficient (Wildman–Crippen LogP) is 3.54. The number of nitriles is 1. The van der Waals surface area contributed by atoms with Gasteiger partial charge in [0.2, 0.25) is 0 Å². The van der Waals surface area contributed by atoms with Crippen molar-refractivity contribution in [2.45, 2.75) is 19.2 Å². The highest BCUT2D eigenvalue weighted by molar-refractivity contribution is 6.30. The number of nitrogens with zero attached hydrogens (tertiary/aromatic N) is 1. The molecule has 0 N–H and O–H groups in total. The molecule has 0 aliphatic rings. The Labute approximate surface area is 95.2 Å². The van der Waals surface area contributed by atoms with E-state index in [1.165, 1.54) is 18.2 Å². The average molecular weight is 250 g/mol. The van der Waals surface area contributed by atoms with E-state index in [0.717, 1.165) is 6.92 Å². The first-order chi connectivity index (χ1) is 7.34. The molecule has 1 aromatic rings. The molecule has 86 valence electrons. The molecular formula is C10H7ClF3NO. The standard InChI is InChI=1S/C10H7ClF3NO/c1-6(10(12,13)14)16-9-3-2-8(11)4-7(9)5-15/h2-4,6H,1H3. The van der Waals surface area contributed by atoms with Gasteiger partial charge in [0.1, 0.15) is 11.8 Å². The van der Waals surface area contributed by atoms with Crippen LogP contribution in [0.2, 0.25) is 5.02 Å². The third kappa shape index (κ3) is 3.04. The number of hydrogen-bond acceptors (Lipinski definition) is 2. The van der Waals surface area contributed by atoms with Crippen molar-refractivity contribution in [3.05, 3.63) is 28.8 Å². The fraction of sp³-hybridized carbons (Fsp3) is 0.300. The molecule has 1 atom stereocenters. The van der Waals surface area contributed by atoms with Gasteiger partial charge in [0, 0.05) is 5.02 Å². The lowest BCUT2D eigenvalue weighted by molar-refractivity contribution is -0.189. The summed E-state index contributed by atoms with van der Waals surface area (Å²) >= 11 is 5.59. The Kier molecular flexibility index (Phi) is 3.66. The van der Waals surface area contributed by atoms with E-state index in [4.69, 9.17) is 16.9 Å². The van der Waals surface area contributed by atoms with E-state index in [1.807, 2.05) is 0 Å². The summed E-state index contributed by atoms with van der Waals surface area (Å²) < 4.78 is 41.3. The second-order valence-corrected chi connectivity index (χ2v) is 3.49. The van der Waals surface area contributed by atoms with Crippen LogP contribution in [0.15, 0.2) is 18.2 Å². The summed E-state index contributed by atoms with van der Waals surface area (Å²) in [6, 6.07) is 5.57. The fourth-order valence-electron chi connectivity index (χ4n) is 0.950. The molecule has 0 aliphatic heterocycles. The van der Waals surface area contributed by atoms with E-state index in [9.17, 15) is 13.2 Å². The monoisotopic (exact) mass is 249 g/mol. The number of alkyl halides is 3. The zero-order valence-electron chi connectivity index (χ0n) is 8.18. The first-order valence-corrected chi connectivity index (χ1v) is 4.65. The largest absolute Gasteiger partial charge is 0.480 e. The van der Waals surface area contributed by atoms with Crippen LogP contribution in [-0.2, 0) is 0 Å². The number of benzene rings is 1. The van der Waals surface area contributed by atoms with Crippen LogP contribution >= 0.6 is 11.6 Å². The van der Waals surface area contributed by atoms with E-state index >= 15 is 0 Å². The van der Waals surface area contributed by atoms with E-state index in [1.54, 1.807) is 6.07 Å². The second kappa shape index (κ2) is 4.62. The Hall–Kier alpha value is -1.41. The van der Waals surface area contributed by atoms with Crippen LogP contribution in [0.25, 0.3) is 0 Å². The fourth-order valence-corrected chi connectivity index (χ4v) is 1.12. The lowest BCUT2D eigenvalue weighted by Gasteiger charge is -2.18. The molecule has 6 heteroatoms. The zero-order valence-corrected chi connectivity index (χ0v) is 8.93. The number of hydrogen-bond donors (Lipinski definition) is 0. The molecule has 0 saturated carbocycles. The van der Waals surface area contributed by atoms with Gasteiger partial charge in [0.15, 0.2) is 6.10 Å². The first-order valence-electron chi connectivity index (χ1n) is 4.27. The average Bonchev–Trinajstić information content (AvgIpc) is 2.19. The molecule has 0 saturated heterocycles. The maximum Gasteiger partial charge on any atom is 0.425 e. The highest BCUT2D eigenvalue weighted by atomic mass is 35.5. The summed E-state index contributed by atoms with van der Waals surface area (Å²) in [6.45, 7) is 0.871. The van der Waals surface area contributed by atoms with Crippen LogP contribution in [0.1, 0.15) is 12.5 Å². The van der Waals surface area contributed by atoms with Crippen LogP contribution in [-0.4, -0.2) is 12.3 Å². The predicted molar refractivity (Wildman–Crippen MR) is 52.3 cm³/mol. The Morgan fingerprint density at radius 3 is 2.56 bits per heavy atom. The summed E-state index contributed by atoms with van der Waals surface area (Å²) in [5.41, 5.74) is -0.0244. The van der Waals surface area contributed by atoms with Crippen molar-refractivity contribution in [3.8, 4) is 11.8 Å². The third-order valence-corrected chi connectivity index (χ3v) is 2.06. The van der Waals surface area contributed by atoms with Gasteiger partial charge in [0.05, 0.1) is 5.56 Å². The minimum absolute atomic E-state index is 0.0244. The van der Waals surface area contributed by atoms with Gasteiger partial charge in [-0.1, -0.05) is 11.6 Å². The molecule has 1 unspecified atom stereocenters. The molecule has 0 amide bonds. The summed E-state index contributed by atoms with van der Waals surface area (Å²) in [5, 5.41) is 8.96. The number of halogens is 4. The first kappa shape index (κ1) is 12.7. The smallest absolute Gasteiger partial charge is 0.425 e. The van der Waals surface area contributed by atoms with E-state index < -0.39 is 12.3 Å². The van der Waals surface area contributed by atoms with Gasteiger partial charge in [-0.15, -0.1) is 0 Å². The Bertz CT molecular complexity index is 425. The molecule has 0 radical (unpaired) electrons. The van der Waals surface area contributed by atoms with Gasteiger partial charge in [-0.25, -0.2) is 0 Å². The molecule has 2 nitrogen and oxygen atoms in total. The highest BCUT2D eigenvalue weighted by Crippen LogP contribution is 2.28. The lowest BCUT2D eigenvalue weighted by Crippen LogP contribution is -2.31. The lowest BCUT2D eigenvalue weighted by atomic mass is 10.2. The molecular weight excluding hydrogens is 243 g/mol. The summed E-state index contributed by atoms with van der Waals surface area (Å²) in [4.78, 5) is 0. The minimum Gasteiger partial charge on any atom is -0.480 e. The van der Waals surface area contributed by atoms with Crippen LogP contribution in [0.5, 0.6) is 5.75 Å². The van der Waals surface area contributed by atoms with Gasteiger partial charge in [-0.3, -0.25) is 0 Å². The molecule has 1 rings (SSSR count). The Morgan fingerprint density at radius 1 is 1.44 bits per heavy atom. The van der Waals surface area contributed by atoms with Crippen molar-refractivity contribution in [1.82, 2.24) is 0 Å². The van der Waals surface area contributed by atoms with Crippen molar-refractivity contribution in [3.63, 3.8) is 0 Å². The summed E-state index contributed by atoms with van der Waals surface area (Å²) in [7, 11) is 0. The van der Waals surface area contributed by atoms with Crippen molar-refractivity contribution < 1.29 is 17.9 Å². The van der Waals surface area contributed by atoms with Crippen LogP contribution < -0.4 is 4.74 Å². The Balaban J connectivity index is 2.95. The number of rotatable bonds is 2. The van der Waals surface area contributed by atoms with Crippen molar-refractivity contribution >= 4 is 11.6 Å². The topological polar surface area (TPSA) is 33.0 Å². The van der Waals surface area contributed by atoms with Crippen molar-refractivity contribution in [1.29, 1.82) is 5.26 Å². The quantitative estimate of drug-likeness (QED) is 0.803. The van der Waals surface area contributed by atoms with Crippen molar-refractivity contribution in [2.75, 3.05) is 0 Å². The molecule has 0 fully saturated rings. The summed E-state index contributed by atoms with van der Waals surface area (Å²) in [5.74, 6) is -0.128. The molecule has 0 bridgehead atoms.